The van der Waals surface area contributed by atoms with Gasteiger partial charge in [0.1, 0.15) is 5.69 Å². The summed E-state index contributed by atoms with van der Waals surface area (Å²) in [5.74, 6) is 0.388. The van der Waals surface area contributed by atoms with E-state index in [0.29, 0.717) is 24.6 Å². The van der Waals surface area contributed by atoms with E-state index in [4.69, 9.17) is 5.73 Å². The van der Waals surface area contributed by atoms with Crippen LogP contribution in [0.5, 0.6) is 0 Å². The highest BCUT2D eigenvalue weighted by Gasteiger charge is 2.21. The third-order valence-electron chi connectivity index (χ3n) is 2.75. The highest BCUT2D eigenvalue weighted by atomic mass is 16.6. The maximum absolute atomic E-state index is 10.6. The molecule has 0 aliphatic heterocycles. The maximum Gasteiger partial charge on any atom is 0.292 e. The van der Waals surface area contributed by atoms with E-state index in [1.165, 1.54) is 12.1 Å². The normalized spacial score (nSPS) is 14.2. The quantitative estimate of drug-likeness (QED) is 0.417. The molecule has 0 fully saturated rings. The van der Waals surface area contributed by atoms with Crippen molar-refractivity contribution < 1.29 is 10.0 Å². The van der Waals surface area contributed by atoms with Crippen LogP contribution in [-0.2, 0) is 0 Å². The molecule has 0 amide bonds. The van der Waals surface area contributed by atoms with Crippen LogP contribution < -0.4 is 11.1 Å². The summed E-state index contributed by atoms with van der Waals surface area (Å²) < 4.78 is 0. The molecule has 1 aromatic rings. The Hall–Kier alpha value is -1.82. The lowest BCUT2D eigenvalue weighted by molar-refractivity contribution is -0.383. The highest BCUT2D eigenvalue weighted by molar-refractivity contribution is 5.65. The Labute approximate surface area is 112 Å². The summed E-state index contributed by atoms with van der Waals surface area (Å²) >= 11 is 0. The van der Waals surface area contributed by atoms with Crippen molar-refractivity contribution >= 4 is 17.1 Å². The van der Waals surface area contributed by atoms with Crippen LogP contribution >= 0.6 is 0 Å². The fourth-order valence-electron chi connectivity index (χ4n) is 2.07. The molecule has 0 saturated heterocycles. The number of benzene rings is 1. The number of nitrogens with two attached hydrogens (primary N) is 1. The molecule has 1 aromatic carbocycles. The van der Waals surface area contributed by atoms with E-state index < -0.39 is 10.5 Å². The molecule has 0 spiro atoms. The number of hydrogen-bond acceptors (Lipinski definition) is 5. The number of hydrogen-bond donors (Lipinski definition) is 3. The van der Waals surface area contributed by atoms with Crippen LogP contribution in [0.4, 0.5) is 17.1 Å². The Morgan fingerprint density at radius 1 is 1.53 bits per heavy atom. The predicted octanol–water partition coefficient (Wildman–Crippen LogP) is 2.39. The highest BCUT2D eigenvalue weighted by Crippen LogP contribution is 2.25. The van der Waals surface area contributed by atoms with E-state index in [1.807, 2.05) is 13.8 Å². The van der Waals surface area contributed by atoms with Crippen molar-refractivity contribution in [2.75, 3.05) is 17.6 Å². The van der Waals surface area contributed by atoms with Crippen LogP contribution in [0.25, 0.3) is 0 Å². The largest absolute Gasteiger partial charge is 0.393 e. The number of nitro benzene ring substituents is 1. The van der Waals surface area contributed by atoms with Crippen LogP contribution in [0.3, 0.4) is 0 Å². The first-order valence-corrected chi connectivity index (χ1v) is 6.21. The first-order valence-electron chi connectivity index (χ1n) is 6.21. The van der Waals surface area contributed by atoms with Gasteiger partial charge in [0.2, 0.25) is 0 Å². The van der Waals surface area contributed by atoms with Gasteiger partial charge < -0.3 is 16.2 Å². The van der Waals surface area contributed by atoms with Gasteiger partial charge in [0.15, 0.2) is 0 Å². The molecule has 0 radical (unpaired) electrons. The molecule has 0 aliphatic carbocycles. The first-order chi connectivity index (χ1) is 8.71. The molecule has 106 valence electrons. The van der Waals surface area contributed by atoms with E-state index in [2.05, 4.69) is 5.32 Å². The molecule has 0 aromatic heterocycles. The molecule has 0 aliphatic rings. The van der Waals surface area contributed by atoms with Gasteiger partial charge >= 0.3 is 0 Å². The minimum atomic E-state index is -0.829. The van der Waals surface area contributed by atoms with Crippen LogP contribution in [0.2, 0.25) is 0 Å². The molecule has 0 heterocycles. The van der Waals surface area contributed by atoms with E-state index in [9.17, 15) is 15.2 Å². The lowest BCUT2D eigenvalue weighted by Gasteiger charge is -2.26. The molecular weight excluding hydrogens is 246 g/mol. The van der Waals surface area contributed by atoms with Gasteiger partial charge in [0, 0.05) is 18.3 Å². The van der Waals surface area contributed by atoms with Crippen molar-refractivity contribution in [3.63, 3.8) is 0 Å². The Kier molecular flexibility index (Phi) is 4.72. The zero-order valence-corrected chi connectivity index (χ0v) is 11.5. The van der Waals surface area contributed by atoms with E-state index in [-0.39, 0.29) is 11.4 Å². The van der Waals surface area contributed by atoms with Crippen LogP contribution in [0.15, 0.2) is 18.2 Å². The number of nitro groups is 1. The number of anilines is 2. The minimum absolute atomic E-state index is 0.110. The zero-order valence-electron chi connectivity index (χ0n) is 11.5. The first kappa shape index (κ1) is 15.2. The lowest BCUT2D eigenvalue weighted by Crippen LogP contribution is -2.34. The number of nitrogens with one attached hydrogen (secondary N) is 1. The SMILES string of the molecule is CC(C)CC(C)(O)CNc1ccc([N+](=O)[O-])c(N)c1. The third kappa shape index (κ3) is 4.75. The summed E-state index contributed by atoms with van der Waals surface area (Å²) in [4.78, 5) is 10.1. The molecule has 1 atom stereocenters. The van der Waals surface area contributed by atoms with Gasteiger partial charge in [-0.1, -0.05) is 13.8 Å². The van der Waals surface area contributed by atoms with Gasteiger partial charge in [-0.15, -0.1) is 0 Å². The van der Waals surface area contributed by atoms with Crippen LogP contribution in [0, 0.1) is 16.0 Å². The van der Waals surface area contributed by atoms with E-state index >= 15 is 0 Å². The van der Waals surface area contributed by atoms with Crippen LogP contribution in [0.1, 0.15) is 27.2 Å². The number of rotatable bonds is 6. The summed E-state index contributed by atoms with van der Waals surface area (Å²) in [6.07, 6.45) is 0.669. The molecule has 0 bridgehead atoms. The monoisotopic (exact) mass is 267 g/mol. The molecular formula is C13H21N3O3. The Bertz CT molecular complexity index is 458. The lowest BCUT2D eigenvalue weighted by atomic mass is 9.94. The van der Waals surface area contributed by atoms with E-state index in [1.54, 1.807) is 13.0 Å². The zero-order chi connectivity index (χ0) is 14.6. The maximum atomic E-state index is 10.6. The van der Waals surface area contributed by atoms with Gasteiger partial charge in [-0.05, 0) is 31.4 Å². The molecule has 1 unspecified atom stereocenters. The Morgan fingerprint density at radius 3 is 2.63 bits per heavy atom. The van der Waals surface area contributed by atoms with Crippen LogP contribution in [-0.4, -0.2) is 22.2 Å². The van der Waals surface area contributed by atoms with Crippen molar-refractivity contribution in [1.82, 2.24) is 0 Å². The fraction of sp³-hybridized carbons (Fsp3) is 0.538. The second kappa shape index (κ2) is 5.88. The minimum Gasteiger partial charge on any atom is -0.393 e. The number of aliphatic hydroxyl groups is 1. The summed E-state index contributed by atoms with van der Waals surface area (Å²) in [7, 11) is 0. The topological polar surface area (TPSA) is 101 Å². The van der Waals surface area contributed by atoms with Gasteiger partial charge in [-0.3, -0.25) is 10.1 Å². The Balaban J connectivity index is 2.69. The molecule has 1 rings (SSSR count). The summed E-state index contributed by atoms with van der Waals surface area (Å²) in [5, 5.41) is 23.8. The van der Waals surface area contributed by atoms with E-state index in [0.717, 1.165) is 0 Å². The second-order valence-corrected chi connectivity index (χ2v) is 5.48. The van der Waals surface area contributed by atoms with Crippen molar-refractivity contribution in [2.45, 2.75) is 32.8 Å². The molecule has 6 heteroatoms. The van der Waals surface area contributed by atoms with Gasteiger partial charge in [0.05, 0.1) is 10.5 Å². The molecule has 19 heavy (non-hydrogen) atoms. The predicted molar refractivity (Wildman–Crippen MR) is 76.1 cm³/mol. The summed E-state index contributed by atoms with van der Waals surface area (Å²) in [5.41, 5.74) is 5.43. The van der Waals surface area contributed by atoms with Gasteiger partial charge in [-0.25, -0.2) is 0 Å². The summed E-state index contributed by atoms with van der Waals surface area (Å²) in [6.45, 7) is 6.20. The van der Waals surface area contributed by atoms with Gasteiger partial charge in [0.25, 0.3) is 5.69 Å². The smallest absolute Gasteiger partial charge is 0.292 e. The third-order valence-corrected chi connectivity index (χ3v) is 2.75. The van der Waals surface area contributed by atoms with Crippen molar-refractivity contribution in [2.24, 2.45) is 5.92 Å². The van der Waals surface area contributed by atoms with Crippen molar-refractivity contribution in [1.29, 1.82) is 0 Å². The molecule has 4 N–H and O–H groups in total. The second-order valence-electron chi connectivity index (χ2n) is 5.48. The van der Waals surface area contributed by atoms with Crippen molar-refractivity contribution in [3.05, 3.63) is 28.3 Å². The standard InChI is InChI=1S/C13H21N3O3/c1-9(2)7-13(3,17)8-15-10-4-5-12(16(18)19)11(14)6-10/h4-6,9,15,17H,7-8,14H2,1-3H3. The van der Waals surface area contributed by atoms with Gasteiger partial charge in [-0.2, -0.15) is 0 Å². The number of nitrogens with zero attached hydrogens (tertiary/aromatic N) is 1. The summed E-state index contributed by atoms with van der Waals surface area (Å²) in [6, 6.07) is 4.44. The van der Waals surface area contributed by atoms with Crippen molar-refractivity contribution in [3.8, 4) is 0 Å². The molecule has 0 saturated carbocycles. The number of nitrogen functional groups attached to an aromatic ring is 1. The molecule has 6 nitrogen and oxygen atoms in total. The fourth-order valence-corrected chi connectivity index (χ4v) is 2.07. The average molecular weight is 267 g/mol. The average Bonchev–Trinajstić information content (AvgIpc) is 2.24. The Morgan fingerprint density at radius 2 is 2.16 bits per heavy atom.